The predicted molar refractivity (Wildman–Crippen MR) is 99.4 cm³/mol. The minimum absolute atomic E-state index is 0.0708. The fourth-order valence-electron chi connectivity index (χ4n) is 2.91. The molecule has 0 saturated carbocycles. The number of nitrogens with zero attached hydrogens (tertiary/aromatic N) is 2. The summed E-state index contributed by atoms with van der Waals surface area (Å²) in [6.07, 6.45) is 0. The van der Waals surface area contributed by atoms with E-state index in [1.54, 1.807) is 37.1 Å². The van der Waals surface area contributed by atoms with Gasteiger partial charge in [0.05, 0.1) is 33.0 Å². The van der Waals surface area contributed by atoms with Crippen LogP contribution in [0.2, 0.25) is 0 Å². The second kappa shape index (κ2) is 8.75. The van der Waals surface area contributed by atoms with Crippen LogP contribution in [-0.2, 0) is 9.53 Å². The molecule has 0 radical (unpaired) electrons. The number of ether oxygens (including phenoxy) is 3. The van der Waals surface area contributed by atoms with Gasteiger partial charge in [-0.3, -0.25) is 9.59 Å². The van der Waals surface area contributed by atoms with Crippen LogP contribution >= 0.6 is 0 Å². The maximum atomic E-state index is 12.5. The molecule has 9 heteroatoms. The molecule has 1 aromatic carbocycles. The summed E-state index contributed by atoms with van der Waals surface area (Å²) in [7, 11) is 3.09. The molecular formula is C19H23N3O6. The number of morpholine rings is 1. The Balaban J connectivity index is 1.71. The van der Waals surface area contributed by atoms with Crippen LogP contribution in [0.25, 0.3) is 11.3 Å². The van der Waals surface area contributed by atoms with Crippen molar-refractivity contribution in [2.24, 2.45) is 0 Å². The number of rotatable bonds is 6. The Hall–Kier alpha value is -3.07. The third-order valence-electron chi connectivity index (χ3n) is 4.46. The van der Waals surface area contributed by atoms with Gasteiger partial charge in [0.1, 0.15) is 17.5 Å². The zero-order valence-corrected chi connectivity index (χ0v) is 16.1. The van der Waals surface area contributed by atoms with Crippen LogP contribution in [0.4, 0.5) is 0 Å². The molecule has 1 N–H and O–H groups in total. The molecule has 28 heavy (non-hydrogen) atoms. The van der Waals surface area contributed by atoms with Gasteiger partial charge in [-0.15, -0.1) is 0 Å². The number of hydrogen-bond donors (Lipinski definition) is 1. The number of hydrogen-bond acceptors (Lipinski definition) is 7. The van der Waals surface area contributed by atoms with E-state index in [0.717, 1.165) is 0 Å². The van der Waals surface area contributed by atoms with E-state index in [2.05, 4.69) is 10.5 Å². The van der Waals surface area contributed by atoms with E-state index in [1.165, 1.54) is 13.2 Å². The molecule has 150 valence electrons. The van der Waals surface area contributed by atoms with Crippen molar-refractivity contribution < 1.29 is 28.3 Å². The SMILES string of the molecule is COc1ccc(OC)c(-c2cc(C(=O)NC(C)C(=O)N3CCOCC3)no2)c1. The average Bonchev–Trinajstić information content (AvgIpc) is 3.23. The maximum absolute atomic E-state index is 12.5. The molecule has 3 rings (SSSR count). The van der Waals surface area contributed by atoms with Crippen LogP contribution in [0.1, 0.15) is 17.4 Å². The van der Waals surface area contributed by atoms with E-state index >= 15 is 0 Å². The third-order valence-corrected chi connectivity index (χ3v) is 4.46. The van der Waals surface area contributed by atoms with Gasteiger partial charge >= 0.3 is 0 Å². The topological polar surface area (TPSA) is 103 Å². The summed E-state index contributed by atoms with van der Waals surface area (Å²) in [5.74, 6) is 0.872. The van der Waals surface area contributed by atoms with E-state index in [4.69, 9.17) is 18.7 Å². The summed E-state index contributed by atoms with van der Waals surface area (Å²) in [6, 6.07) is 6.03. The van der Waals surface area contributed by atoms with Crippen molar-refractivity contribution >= 4 is 11.8 Å². The standard InChI is InChI=1S/C19H23N3O6/c1-12(19(24)22-6-8-27-9-7-22)20-18(23)15-11-17(28-21-15)14-10-13(25-2)4-5-16(14)26-3/h4-5,10-12H,6-9H2,1-3H3,(H,20,23). The number of carbonyl (C=O) groups is 2. The molecule has 0 spiro atoms. The molecule has 1 aliphatic heterocycles. The smallest absolute Gasteiger partial charge is 0.274 e. The van der Waals surface area contributed by atoms with Crippen molar-refractivity contribution in [1.29, 1.82) is 0 Å². The Labute approximate surface area is 162 Å². The Kier molecular flexibility index (Phi) is 6.15. The Morgan fingerprint density at radius 3 is 2.61 bits per heavy atom. The van der Waals surface area contributed by atoms with Gasteiger partial charge in [0.15, 0.2) is 11.5 Å². The number of methoxy groups -OCH3 is 2. The molecule has 1 aliphatic rings. The first-order valence-corrected chi connectivity index (χ1v) is 8.90. The quantitative estimate of drug-likeness (QED) is 0.795. The molecule has 2 heterocycles. The lowest BCUT2D eigenvalue weighted by Crippen LogP contribution is -2.50. The minimum atomic E-state index is -0.683. The van der Waals surface area contributed by atoms with Crippen molar-refractivity contribution in [2.45, 2.75) is 13.0 Å². The van der Waals surface area contributed by atoms with Crippen molar-refractivity contribution in [3.05, 3.63) is 30.0 Å². The van der Waals surface area contributed by atoms with Crippen molar-refractivity contribution in [2.75, 3.05) is 40.5 Å². The molecule has 2 aromatic rings. The molecule has 2 amide bonds. The van der Waals surface area contributed by atoms with Crippen LogP contribution < -0.4 is 14.8 Å². The van der Waals surface area contributed by atoms with E-state index in [0.29, 0.717) is 49.1 Å². The highest BCUT2D eigenvalue weighted by Crippen LogP contribution is 2.33. The van der Waals surface area contributed by atoms with Crippen LogP contribution in [0.5, 0.6) is 11.5 Å². The van der Waals surface area contributed by atoms with Crippen LogP contribution in [0.3, 0.4) is 0 Å². The highest BCUT2D eigenvalue weighted by molar-refractivity contribution is 5.96. The average molecular weight is 389 g/mol. The van der Waals surface area contributed by atoms with Crippen LogP contribution in [-0.4, -0.2) is 68.4 Å². The van der Waals surface area contributed by atoms with Gasteiger partial charge in [-0.05, 0) is 25.1 Å². The van der Waals surface area contributed by atoms with Gasteiger partial charge in [0, 0.05) is 19.2 Å². The number of benzene rings is 1. The van der Waals surface area contributed by atoms with Crippen molar-refractivity contribution in [3.63, 3.8) is 0 Å². The van der Waals surface area contributed by atoms with Crippen molar-refractivity contribution in [3.8, 4) is 22.8 Å². The van der Waals surface area contributed by atoms with E-state index in [9.17, 15) is 9.59 Å². The number of amides is 2. The number of carbonyl (C=O) groups excluding carboxylic acids is 2. The number of nitrogens with one attached hydrogen (secondary N) is 1. The molecule has 0 bridgehead atoms. The molecule has 1 atom stereocenters. The molecule has 0 aliphatic carbocycles. The first-order valence-electron chi connectivity index (χ1n) is 8.90. The van der Waals surface area contributed by atoms with Gasteiger partial charge in [-0.2, -0.15) is 0 Å². The Bertz CT molecular complexity index is 844. The molecule has 1 aromatic heterocycles. The summed E-state index contributed by atoms with van der Waals surface area (Å²) in [5, 5.41) is 6.48. The Morgan fingerprint density at radius 1 is 1.18 bits per heavy atom. The molecule has 1 saturated heterocycles. The van der Waals surface area contributed by atoms with Crippen LogP contribution in [0.15, 0.2) is 28.8 Å². The van der Waals surface area contributed by atoms with Gasteiger partial charge < -0.3 is 29.0 Å². The van der Waals surface area contributed by atoms with E-state index in [-0.39, 0.29) is 11.6 Å². The molecule has 9 nitrogen and oxygen atoms in total. The number of aromatic nitrogens is 1. The van der Waals surface area contributed by atoms with Crippen molar-refractivity contribution in [1.82, 2.24) is 15.4 Å². The van der Waals surface area contributed by atoms with Gasteiger partial charge in [-0.1, -0.05) is 5.16 Å². The zero-order valence-electron chi connectivity index (χ0n) is 16.1. The fraction of sp³-hybridized carbons (Fsp3) is 0.421. The minimum Gasteiger partial charge on any atom is -0.497 e. The lowest BCUT2D eigenvalue weighted by atomic mass is 10.1. The first-order chi connectivity index (χ1) is 13.5. The third kappa shape index (κ3) is 4.25. The summed E-state index contributed by atoms with van der Waals surface area (Å²) in [4.78, 5) is 26.6. The normalized spacial score (nSPS) is 15.0. The zero-order chi connectivity index (χ0) is 20.1. The second-order valence-electron chi connectivity index (χ2n) is 6.28. The summed E-state index contributed by atoms with van der Waals surface area (Å²) >= 11 is 0. The van der Waals surface area contributed by atoms with E-state index in [1.807, 2.05) is 0 Å². The highest BCUT2D eigenvalue weighted by Gasteiger charge is 2.25. The monoisotopic (exact) mass is 389 g/mol. The predicted octanol–water partition coefficient (Wildman–Crippen LogP) is 1.34. The maximum Gasteiger partial charge on any atom is 0.274 e. The van der Waals surface area contributed by atoms with Gasteiger partial charge in [0.25, 0.3) is 5.91 Å². The first kappa shape index (κ1) is 19.7. The van der Waals surface area contributed by atoms with Gasteiger partial charge in [-0.25, -0.2) is 0 Å². The van der Waals surface area contributed by atoms with E-state index < -0.39 is 11.9 Å². The summed E-state index contributed by atoms with van der Waals surface area (Å²) in [5.41, 5.74) is 0.673. The highest BCUT2D eigenvalue weighted by atomic mass is 16.5. The second-order valence-corrected chi connectivity index (χ2v) is 6.28. The fourth-order valence-corrected chi connectivity index (χ4v) is 2.91. The molecule has 1 fully saturated rings. The summed E-state index contributed by atoms with van der Waals surface area (Å²) in [6.45, 7) is 3.68. The van der Waals surface area contributed by atoms with Crippen LogP contribution in [0, 0.1) is 0 Å². The Morgan fingerprint density at radius 2 is 1.93 bits per heavy atom. The molecule has 1 unspecified atom stereocenters. The largest absolute Gasteiger partial charge is 0.497 e. The summed E-state index contributed by atoms with van der Waals surface area (Å²) < 4.78 is 21.1. The lowest BCUT2D eigenvalue weighted by molar-refractivity contribution is -0.136. The molecular weight excluding hydrogens is 366 g/mol. The lowest BCUT2D eigenvalue weighted by Gasteiger charge is -2.29. The van der Waals surface area contributed by atoms with Gasteiger partial charge in [0.2, 0.25) is 5.91 Å².